The summed E-state index contributed by atoms with van der Waals surface area (Å²) in [7, 11) is 0. The molecule has 0 radical (unpaired) electrons. The van der Waals surface area contributed by atoms with Gasteiger partial charge >= 0.3 is 0 Å². The average Bonchev–Trinajstić information content (AvgIpc) is 3.14. The third-order valence-corrected chi connectivity index (χ3v) is 4.24. The Balaban J connectivity index is 1.99. The van der Waals surface area contributed by atoms with Crippen LogP contribution in [0.2, 0.25) is 0 Å². The normalized spacial score (nSPS) is 10.7. The molecule has 0 bridgehead atoms. The number of rotatable bonds is 7. The number of hydrogen-bond donors (Lipinski definition) is 2. The topological polar surface area (TPSA) is 67.2 Å². The Bertz CT molecular complexity index is 855. The number of benzene rings is 2. The number of aryl methyl sites for hydroxylation is 1. The second-order valence-corrected chi connectivity index (χ2v) is 6.06. The van der Waals surface area contributed by atoms with Crippen LogP contribution in [-0.2, 0) is 6.42 Å². The van der Waals surface area contributed by atoms with Gasteiger partial charge in [0.25, 0.3) is 5.91 Å². The molecule has 0 atom stereocenters. The molecular formula is C21H23N3O2. The first-order valence-electron chi connectivity index (χ1n) is 8.86. The minimum atomic E-state index is -0.185. The summed E-state index contributed by atoms with van der Waals surface area (Å²) in [6, 6.07) is 17.8. The molecule has 0 unspecified atom stereocenters. The highest BCUT2D eigenvalue weighted by Gasteiger charge is 2.18. The van der Waals surface area contributed by atoms with Crippen LogP contribution < -0.4 is 5.32 Å². The van der Waals surface area contributed by atoms with Crippen molar-refractivity contribution in [2.45, 2.75) is 19.8 Å². The molecule has 0 spiro atoms. The van der Waals surface area contributed by atoms with E-state index in [1.807, 2.05) is 42.5 Å². The highest BCUT2D eigenvalue weighted by molar-refractivity contribution is 5.99. The van der Waals surface area contributed by atoms with Gasteiger partial charge in [0.05, 0.1) is 11.3 Å². The zero-order valence-electron chi connectivity index (χ0n) is 14.9. The summed E-state index contributed by atoms with van der Waals surface area (Å²) in [5.74, 6) is -0.185. The van der Waals surface area contributed by atoms with Crippen molar-refractivity contribution in [2.75, 3.05) is 13.2 Å². The van der Waals surface area contributed by atoms with E-state index >= 15 is 0 Å². The standard InChI is InChI=1S/C21H23N3O2/c1-2-16-9-11-17(12-10-16)20-19(21(26)22-13-6-14-25)15-24(23-20)18-7-4-3-5-8-18/h3-5,7-12,15,25H,2,6,13-14H2,1H3,(H,22,26). The summed E-state index contributed by atoms with van der Waals surface area (Å²) in [6.45, 7) is 2.59. The van der Waals surface area contributed by atoms with Crippen LogP contribution in [0, 0.1) is 0 Å². The van der Waals surface area contributed by atoms with Crippen molar-refractivity contribution in [3.05, 3.63) is 71.9 Å². The van der Waals surface area contributed by atoms with Gasteiger partial charge in [0.15, 0.2) is 0 Å². The Morgan fingerprint density at radius 2 is 1.85 bits per heavy atom. The maximum Gasteiger partial charge on any atom is 0.255 e. The van der Waals surface area contributed by atoms with Gasteiger partial charge in [-0.05, 0) is 30.5 Å². The van der Waals surface area contributed by atoms with E-state index in [0.29, 0.717) is 24.2 Å². The van der Waals surface area contributed by atoms with Crippen molar-refractivity contribution in [1.29, 1.82) is 0 Å². The molecule has 3 aromatic rings. The number of aromatic nitrogens is 2. The van der Waals surface area contributed by atoms with Crippen LogP contribution >= 0.6 is 0 Å². The number of nitrogens with zero attached hydrogens (tertiary/aromatic N) is 2. The molecule has 0 fully saturated rings. The van der Waals surface area contributed by atoms with Crippen LogP contribution in [-0.4, -0.2) is 33.9 Å². The fraction of sp³-hybridized carbons (Fsp3) is 0.238. The van der Waals surface area contributed by atoms with Crippen molar-refractivity contribution in [1.82, 2.24) is 15.1 Å². The zero-order valence-corrected chi connectivity index (χ0v) is 14.9. The average molecular weight is 349 g/mol. The molecule has 0 aliphatic heterocycles. The van der Waals surface area contributed by atoms with E-state index < -0.39 is 0 Å². The lowest BCUT2D eigenvalue weighted by Gasteiger charge is -2.05. The molecule has 1 heterocycles. The molecular weight excluding hydrogens is 326 g/mol. The summed E-state index contributed by atoms with van der Waals surface area (Å²) >= 11 is 0. The monoisotopic (exact) mass is 349 g/mol. The highest BCUT2D eigenvalue weighted by Crippen LogP contribution is 2.24. The number of amides is 1. The van der Waals surface area contributed by atoms with Gasteiger partial charge in [0.1, 0.15) is 5.69 Å². The lowest BCUT2D eigenvalue weighted by atomic mass is 10.0. The van der Waals surface area contributed by atoms with Gasteiger partial charge in [0, 0.05) is 24.9 Å². The van der Waals surface area contributed by atoms with Crippen LogP contribution in [0.5, 0.6) is 0 Å². The molecule has 134 valence electrons. The Hall–Kier alpha value is -2.92. The van der Waals surface area contributed by atoms with Crippen molar-refractivity contribution in [3.8, 4) is 16.9 Å². The molecule has 0 saturated carbocycles. The Labute approximate surface area is 153 Å². The number of aliphatic hydroxyl groups excluding tert-OH is 1. The molecule has 2 N–H and O–H groups in total. The van der Waals surface area contributed by atoms with Crippen molar-refractivity contribution >= 4 is 5.91 Å². The summed E-state index contributed by atoms with van der Waals surface area (Å²) < 4.78 is 1.73. The van der Waals surface area contributed by atoms with Gasteiger partial charge in [-0.1, -0.05) is 49.4 Å². The fourth-order valence-electron chi connectivity index (χ4n) is 2.74. The van der Waals surface area contributed by atoms with E-state index in [1.165, 1.54) is 5.56 Å². The van der Waals surface area contributed by atoms with Gasteiger partial charge in [-0.2, -0.15) is 5.10 Å². The first-order chi connectivity index (χ1) is 12.7. The predicted octanol–water partition coefficient (Wildman–Crippen LogP) is 3.21. The molecule has 5 heteroatoms. The highest BCUT2D eigenvalue weighted by atomic mass is 16.3. The molecule has 3 rings (SSSR count). The molecule has 5 nitrogen and oxygen atoms in total. The van der Waals surface area contributed by atoms with E-state index in [4.69, 9.17) is 5.11 Å². The maximum atomic E-state index is 12.6. The van der Waals surface area contributed by atoms with E-state index in [2.05, 4.69) is 29.5 Å². The fourth-order valence-corrected chi connectivity index (χ4v) is 2.74. The van der Waals surface area contributed by atoms with Gasteiger partial charge in [-0.25, -0.2) is 4.68 Å². The number of hydrogen-bond acceptors (Lipinski definition) is 3. The maximum absolute atomic E-state index is 12.6. The van der Waals surface area contributed by atoms with Crippen LogP contribution in [0.4, 0.5) is 0 Å². The lowest BCUT2D eigenvalue weighted by molar-refractivity contribution is 0.0952. The minimum Gasteiger partial charge on any atom is -0.396 e. The van der Waals surface area contributed by atoms with Crippen LogP contribution in [0.1, 0.15) is 29.3 Å². The minimum absolute atomic E-state index is 0.0505. The third kappa shape index (κ3) is 4.00. The largest absolute Gasteiger partial charge is 0.396 e. The summed E-state index contributed by atoms with van der Waals surface area (Å²) in [5.41, 5.74) is 4.22. The predicted molar refractivity (Wildman–Crippen MR) is 102 cm³/mol. The molecule has 26 heavy (non-hydrogen) atoms. The Kier molecular flexibility index (Phi) is 5.81. The molecule has 1 aromatic heterocycles. The molecule has 0 aliphatic rings. The van der Waals surface area contributed by atoms with Crippen LogP contribution in [0.25, 0.3) is 16.9 Å². The second-order valence-electron chi connectivity index (χ2n) is 6.06. The van der Waals surface area contributed by atoms with Gasteiger partial charge in [-0.3, -0.25) is 4.79 Å². The summed E-state index contributed by atoms with van der Waals surface area (Å²) in [6.07, 6.45) is 3.25. The SMILES string of the molecule is CCc1ccc(-c2nn(-c3ccccc3)cc2C(=O)NCCCO)cc1. The Morgan fingerprint density at radius 1 is 1.12 bits per heavy atom. The van der Waals surface area contributed by atoms with Gasteiger partial charge < -0.3 is 10.4 Å². The molecule has 0 aliphatic carbocycles. The number of carbonyl (C=O) groups is 1. The first kappa shape index (κ1) is 17.9. The number of nitrogens with one attached hydrogen (secondary N) is 1. The van der Waals surface area contributed by atoms with Crippen LogP contribution in [0.3, 0.4) is 0 Å². The quantitative estimate of drug-likeness (QED) is 0.644. The summed E-state index contributed by atoms with van der Waals surface area (Å²) in [4.78, 5) is 12.6. The van der Waals surface area contributed by atoms with E-state index in [1.54, 1.807) is 10.9 Å². The number of aliphatic hydroxyl groups is 1. The van der Waals surface area contributed by atoms with Gasteiger partial charge in [-0.15, -0.1) is 0 Å². The molecule has 0 saturated heterocycles. The smallest absolute Gasteiger partial charge is 0.255 e. The number of carbonyl (C=O) groups excluding carboxylic acids is 1. The summed E-state index contributed by atoms with van der Waals surface area (Å²) in [5, 5.41) is 16.4. The third-order valence-electron chi connectivity index (χ3n) is 4.24. The van der Waals surface area contributed by atoms with Gasteiger partial charge in [0.2, 0.25) is 0 Å². The van der Waals surface area contributed by atoms with E-state index in [0.717, 1.165) is 17.7 Å². The first-order valence-corrected chi connectivity index (χ1v) is 8.86. The second kappa shape index (κ2) is 8.45. The van der Waals surface area contributed by atoms with Crippen molar-refractivity contribution in [2.24, 2.45) is 0 Å². The van der Waals surface area contributed by atoms with Crippen molar-refractivity contribution in [3.63, 3.8) is 0 Å². The number of para-hydroxylation sites is 1. The van der Waals surface area contributed by atoms with Crippen LogP contribution in [0.15, 0.2) is 60.8 Å². The Morgan fingerprint density at radius 3 is 2.50 bits per heavy atom. The molecule has 1 amide bonds. The van der Waals surface area contributed by atoms with Crippen molar-refractivity contribution < 1.29 is 9.90 Å². The van der Waals surface area contributed by atoms with E-state index in [9.17, 15) is 4.79 Å². The van der Waals surface area contributed by atoms with E-state index in [-0.39, 0.29) is 12.5 Å². The molecule has 2 aromatic carbocycles. The lowest BCUT2D eigenvalue weighted by Crippen LogP contribution is -2.25. The zero-order chi connectivity index (χ0) is 18.4.